The molecule has 2 aromatic rings. The van der Waals surface area contributed by atoms with Crippen LogP contribution < -0.4 is 15.4 Å². The number of halogens is 1. The maximum Gasteiger partial charge on any atom is 0.320 e. The van der Waals surface area contributed by atoms with E-state index in [1.54, 1.807) is 12.1 Å². The van der Waals surface area contributed by atoms with Crippen LogP contribution in [0.5, 0.6) is 5.75 Å². The molecule has 1 aromatic heterocycles. The second-order valence-corrected chi connectivity index (χ2v) is 4.69. The lowest BCUT2D eigenvalue weighted by Gasteiger charge is -2.08. The zero-order valence-corrected chi connectivity index (χ0v) is 12.1. The van der Waals surface area contributed by atoms with Crippen molar-refractivity contribution >= 4 is 23.4 Å². The maximum atomic E-state index is 11.6. The van der Waals surface area contributed by atoms with Gasteiger partial charge in [0.25, 0.3) is 0 Å². The molecule has 110 valence electrons. The number of para-hydroxylation sites is 1. The Hall–Kier alpha value is -2.27. The summed E-state index contributed by atoms with van der Waals surface area (Å²) in [5.41, 5.74) is 0. The first-order valence-electron chi connectivity index (χ1n) is 6.58. The highest BCUT2D eigenvalue weighted by Crippen LogP contribution is 2.11. The van der Waals surface area contributed by atoms with E-state index in [2.05, 4.69) is 15.6 Å². The van der Waals surface area contributed by atoms with Crippen molar-refractivity contribution in [1.82, 2.24) is 10.3 Å². The summed E-state index contributed by atoms with van der Waals surface area (Å²) in [5.74, 6) is 1.24. The molecule has 0 saturated heterocycles. The third-order valence-corrected chi connectivity index (χ3v) is 2.82. The van der Waals surface area contributed by atoms with Crippen molar-refractivity contribution < 1.29 is 9.53 Å². The Kier molecular flexibility index (Phi) is 5.84. The number of ether oxygens (including phenoxy) is 1. The summed E-state index contributed by atoms with van der Waals surface area (Å²) in [4.78, 5) is 15.6. The molecule has 0 radical (unpaired) electrons. The van der Waals surface area contributed by atoms with E-state index >= 15 is 0 Å². The van der Waals surface area contributed by atoms with Gasteiger partial charge in [0.2, 0.25) is 0 Å². The zero-order chi connectivity index (χ0) is 14.9. The van der Waals surface area contributed by atoms with E-state index in [4.69, 9.17) is 16.3 Å². The molecule has 0 spiro atoms. The lowest BCUT2D eigenvalue weighted by molar-refractivity contribution is 0.250. The van der Waals surface area contributed by atoms with Gasteiger partial charge in [-0.05, 0) is 30.7 Å². The number of aromatic nitrogens is 1. The molecule has 0 bridgehead atoms. The minimum absolute atomic E-state index is 0.315. The van der Waals surface area contributed by atoms with Crippen molar-refractivity contribution in [2.45, 2.75) is 6.42 Å². The molecule has 2 rings (SSSR count). The van der Waals surface area contributed by atoms with E-state index in [-0.39, 0.29) is 6.03 Å². The van der Waals surface area contributed by atoms with Gasteiger partial charge in [-0.25, -0.2) is 9.78 Å². The Morgan fingerprint density at radius 3 is 2.81 bits per heavy atom. The monoisotopic (exact) mass is 305 g/mol. The predicted molar refractivity (Wildman–Crippen MR) is 82.8 cm³/mol. The van der Waals surface area contributed by atoms with Crippen LogP contribution in [0.15, 0.2) is 48.7 Å². The standard InChI is InChI=1S/C15H16ClN3O2/c16-12-7-9-17-14(11-12)19-15(20)18-8-4-10-21-13-5-2-1-3-6-13/h1-3,5-7,9,11H,4,8,10H2,(H2,17,18,19,20). The van der Waals surface area contributed by atoms with Crippen molar-refractivity contribution in [2.75, 3.05) is 18.5 Å². The SMILES string of the molecule is O=C(NCCCOc1ccccc1)Nc1cc(Cl)ccn1. The topological polar surface area (TPSA) is 63.2 Å². The largest absolute Gasteiger partial charge is 0.494 e. The second-order valence-electron chi connectivity index (χ2n) is 4.26. The van der Waals surface area contributed by atoms with Crippen molar-refractivity contribution in [1.29, 1.82) is 0 Å². The minimum atomic E-state index is -0.315. The van der Waals surface area contributed by atoms with E-state index in [0.717, 1.165) is 5.75 Å². The first-order valence-corrected chi connectivity index (χ1v) is 6.96. The van der Waals surface area contributed by atoms with Gasteiger partial charge in [-0.15, -0.1) is 0 Å². The van der Waals surface area contributed by atoms with Gasteiger partial charge in [0, 0.05) is 17.8 Å². The quantitative estimate of drug-likeness (QED) is 0.805. The summed E-state index contributed by atoms with van der Waals surface area (Å²) in [6.07, 6.45) is 2.25. The minimum Gasteiger partial charge on any atom is -0.494 e. The van der Waals surface area contributed by atoms with Crippen molar-refractivity contribution in [3.05, 3.63) is 53.7 Å². The summed E-state index contributed by atoms with van der Waals surface area (Å²) in [5, 5.41) is 5.85. The van der Waals surface area contributed by atoms with Gasteiger partial charge in [0.05, 0.1) is 6.61 Å². The first-order chi connectivity index (χ1) is 10.2. The zero-order valence-electron chi connectivity index (χ0n) is 11.4. The summed E-state index contributed by atoms with van der Waals surface area (Å²) in [6.45, 7) is 1.05. The predicted octanol–water partition coefficient (Wildman–Crippen LogP) is 3.33. The Balaban J connectivity index is 1.61. The van der Waals surface area contributed by atoms with E-state index in [1.807, 2.05) is 30.3 Å². The van der Waals surface area contributed by atoms with Crippen LogP contribution in [-0.4, -0.2) is 24.2 Å². The third kappa shape index (κ3) is 5.71. The smallest absolute Gasteiger partial charge is 0.320 e. The van der Waals surface area contributed by atoms with Gasteiger partial charge >= 0.3 is 6.03 Å². The molecule has 5 nitrogen and oxygen atoms in total. The van der Waals surface area contributed by atoms with Crippen LogP contribution in [0.1, 0.15) is 6.42 Å². The first kappa shape index (κ1) is 15.1. The van der Waals surface area contributed by atoms with Crippen LogP contribution >= 0.6 is 11.6 Å². The number of urea groups is 1. The average molecular weight is 306 g/mol. The van der Waals surface area contributed by atoms with Gasteiger partial charge in [-0.2, -0.15) is 0 Å². The van der Waals surface area contributed by atoms with Gasteiger partial charge in [0.15, 0.2) is 0 Å². The van der Waals surface area contributed by atoms with Gasteiger partial charge in [-0.3, -0.25) is 5.32 Å². The number of nitrogens with zero attached hydrogens (tertiary/aromatic N) is 1. The van der Waals surface area contributed by atoms with E-state index in [1.165, 1.54) is 6.20 Å². The van der Waals surface area contributed by atoms with Crippen molar-refractivity contribution in [3.63, 3.8) is 0 Å². The Labute approximate surface area is 128 Å². The number of rotatable bonds is 6. The van der Waals surface area contributed by atoms with Crippen LogP contribution in [-0.2, 0) is 0 Å². The molecule has 1 aromatic carbocycles. The molecule has 1 heterocycles. The van der Waals surface area contributed by atoms with E-state index < -0.39 is 0 Å². The van der Waals surface area contributed by atoms with Crippen molar-refractivity contribution in [3.8, 4) is 5.75 Å². The van der Waals surface area contributed by atoms with Crippen LogP contribution in [0, 0.1) is 0 Å². The molecule has 0 aliphatic rings. The second kappa shape index (κ2) is 8.11. The summed E-state index contributed by atoms with van der Waals surface area (Å²) in [6, 6.07) is 12.5. The number of carbonyl (C=O) groups is 1. The van der Waals surface area contributed by atoms with Crippen LogP contribution in [0.3, 0.4) is 0 Å². The number of amides is 2. The maximum absolute atomic E-state index is 11.6. The Morgan fingerprint density at radius 2 is 2.05 bits per heavy atom. The fourth-order valence-corrected chi connectivity index (χ4v) is 1.77. The lowest BCUT2D eigenvalue weighted by atomic mass is 10.3. The van der Waals surface area contributed by atoms with E-state index in [0.29, 0.717) is 30.4 Å². The third-order valence-electron chi connectivity index (χ3n) is 2.58. The van der Waals surface area contributed by atoms with Crippen LogP contribution in [0.4, 0.5) is 10.6 Å². The molecule has 21 heavy (non-hydrogen) atoms. The molecule has 6 heteroatoms. The molecule has 0 fully saturated rings. The summed E-state index contributed by atoms with van der Waals surface area (Å²) in [7, 11) is 0. The van der Waals surface area contributed by atoms with Gasteiger partial charge in [-0.1, -0.05) is 29.8 Å². The van der Waals surface area contributed by atoms with E-state index in [9.17, 15) is 4.79 Å². The highest BCUT2D eigenvalue weighted by atomic mass is 35.5. The molecule has 0 aliphatic carbocycles. The molecule has 2 amide bonds. The summed E-state index contributed by atoms with van der Waals surface area (Å²) >= 11 is 5.80. The van der Waals surface area contributed by atoms with Gasteiger partial charge in [0.1, 0.15) is 11.6 Å². The molecule has 0 unspecified atom stereocenters. The van der Waals surface area contributed by atoms with Crippen LogP contribution in [0.25, 0.3) is 0 Å². The fourth-order valence-electron chi connectivity index (χ4n) is 1.61. The molecular formula is C15H16ClN3O2. The Bertz CT molecular complexity index is 578. The summed E-state index contributed by atoms with van der Waals surface area (Å²) < 4.78 is 5.52. The molecular weight excluding hydrogens is 290 g/mol. The number of hydrogen-bond acceptors (Lipinski definition) is 3. The van der Waals surface area contributed by atoms with Crippen molar-refractivity contribution in [2.24, 2.45) is 0 Å². The Morgan fingerprint density at radius 1 is 1.24 bits per heavy atom. The lowest BCUT2D eigenvalue weighted by Crippen LogP contribution is -2.30. The molecule has 2 N–H and O–H groups in total. The number of hydrogen-bond donors (Lipinski definition) is 2. The highest BCUT2D eigenvalue weighted by Gasteiger charge is 2.02. The number of nitrogens with one attached hydrogen (secondary N) is 2. The number of anilines is 1. The van der Waals surface area contributed by atoms with Crippen LogP contribution in [0.2, 0.25) is 5.02 Å². The number of pyridine rings is 1. The molecule has 0 aliphatic heterocycles. The molecule has 0 saturated carbocycles. The fraction of sp³-hybridized carbons (Fsp3) is 0.200. The highest BCUT2D eigenvalue weighted by molar-refractivity contribution is 6.30. The normalized spacial score (nSPS) is 9.95. The number of carbonyl (C=O) groups excluding carboxylic acids is 1. The average Bonchev–Trinajstić information content (AvgIpc) is 2.48. The molecule has 0 atom stereocenters. The number of benzene rings is 1. The van der Waals surface area contributed by atoms with Gasteiger partial charge < -0.3 is 10.1 Å².